The van der Waals surface area contributed by atoms with Crippen LogP contribution < -0.4 is 24.4 Å². The summed E-state index contributed by atoms with van der Waals surface area (Å²) in [6.45, 7) is 1.76. The number of rotatable bonds is 8. The Balaban J connectivity index is 1.42. The lowest BCUT2D eigenvalue weighted by Crippen LogP contribution is -2.49. The first-order chi connectivity index (χ1) is 17.0. The lowest BCUT2D eigenvalue weighted by Gasteiger charge is -2.35. The van der Waals surface area contributed by atoms with Gasteiger partial charge in [-0.15, -0.1) is 0 Å². The highest BCUT2D eigenvalue weighted by molar-refractivity contribution is 6.04. The van der Waals surface area contributed by atoms with Gasteiger partial charge in [0.05, 0.1) is 21.3 Å². The molecule has 1 N–H and O–H groups in total. The minimum Gasteiger partial charge on any atom is -0.497 e. The number of methoxy groups -OCH3 is 3. The van der Waals surface area contributed by atoms with Gasteiger partial charge in [-0.05, 0) is 72.6 Å². The molecule has 35 heavy (non-hydrogen) atoms. The van der Waals surface area contributed by atoms with Crippen molar-refractivity contribution in [1.29, 1.82) is 0 Å². The maximum absolute atomic E-state index is 13.2. The molecule has 3 aromatic carbocycles. The standard InChI is InChI=1S/C27H29N3O5/c1-33-23-11-5-20(6-12-23)26(31)28-21-7-9-22(10-8-21)30-14-4-13-29(27(30)32)18-19-15-24(34-2)17-25(16-19)35-3/h5-12,15-17H,4,13-14,18H2,1-3H3,(H,28,31). The number of benzene rings is 3. The largest absolute Gasteiger partial charge is 0.497 e. The van der Waals surface area contributed by atoms with Crippen LogP contribution in [0.3, 0.4) is 0 Å². The number of carbonyl (C=O) groups is 2. The zero-order valence-electron chi connectivity index (χ0n) is 20.1. The second-order valence-corrected chi connectivity index (χ2v) is 8.16. The van der Waals surface area contributed by atoms with E-state index in [0.717, 1.165) is 17.7 Å². The van der Waals surface area contributed by atoms with Crippen LogP contribution in [0.2, 0.25) is 0 Å². The molecule has 1 aliphatic rings. The first-order valence-electron chi connectivity index (χ1n) is 11.3. The zero-order valence-corrected chi connectivity index (χ0v) is 20.1. The van der Waals surface area contributed by atoms with Crippen LogP contribution in [0.5, 0.6) is 17.2 Å². The molecule has 0 aliphatic carbocycles. The Morgan fingerprint density at radius 1 is 0.829 bits per heavy atom. The van der Waals surface area contributed by atoms with Crippen molar-refractivity contribution in [3.8, 4) is 17.2 Å². The molecule has 0 bridgehead atoms. The van der Waals surface area contributed by atoms with E-state index < -0.39 is 0 Å². The summed E-state index contributed by atoms with van der Waals surface area (Å²) in [5, 5.41) is 2.88. The molecular weight excluding hydrogens is 446 g/mol. The maximum atomic E-state index is 13.2. The van der Waals surface area contributed by atoms with Gasteiger partial charge in [0.2, 0.25) is 0 Å². The van der Waals surface area contributed by atoms with Gasteiger partial charge in [0, 0.05) is 42.6 Å². The Hall–Kier alpha value is -4.20. The van der Waals surface area contributed by atoms with Crippen LogP contribution >= 0.6 is 0 Å². The monoisotopic (exact) mass is 475 g/mol. The third-order valence-electron chi connectivity index (χ3n) is 5.88. The molecule has 1 heterocycles. The molecule has 0 unspecified atom stereocenters. The Labute approximate surface area is 205 Å². The molecule has 0 saturated carbocycles. The molecule has 0 aromatic heterocycles. The molecule has 182 valence electrons. The number of hydrogen-bond donors (Lipinski definition) is 1. The van der Waals surface area contributed by atoms with Crippen molar-refractivity contribution in [2.45, 2.75) is 13.0 Å². The van der Waals surface area contributed by atoms with E-state index in [4.69, 9.17) is 14.2 Å². The molecule has 8 nitrogen and oxygen atoms in total. The molecular formula is C27H29N3O5. The van der Waals surface area contributed by atoms with E-state index in [-0.39, 0.29) is 11.9 Å². The van der Waals surface area contributed by atoms with E-state index in [2.05, 4.69) is 5.32 Å². The molecule has 1 saturated heterocycles. The van der Waals surface area contributed by atoms with Crippen molar-refractivity contribution in [3.05, 3.63) is 77.9 Å². The van der Waals surface area contributed by atoms with Gasteiger partial charge in [-0.1, -0.05) is 0 Å². The summed E-state index contributed by atoms with van der Waals surface area (Å²) >= 11 is 0. The van der Waals surface area contributed by atoms with Gasteiger partial charge in [-0.3, -0.25) is 9.69 Å². The zero-order chi connectivity index (χ0) is 24.8. The topological polar surface area (TPSA) is 80.3 Å². The molecule has 4 rings (SSSR count). The van der Waals surface area contributed by atoms with Gasteiger partial charge in [0.1, 0.15) is 17.2 Å². The number of ether oxygens (including phenoxy) is 3. The van der Waals surface area contributed by atoms with Gasteiger partial charge < -0.3 is 24.4 Å². The van der Waals surface area contributed by atoms with Gasteiger partial charge in [-0.2, -0.15) is 0 Å². The SMILES string of the molecule is COc1ccc(C(=O)Nc2ccc(N3CCCN(Cc4cc(OC)cc(OC)c4)C3=O)cc2)cc1. The van der Waals surface area contributed by atoms with Gasteiger partial charge >= 0.3 is 6.03 Å². The Morgan fingerprint density at radius 2 is 1.46 bits per heavy atom. The highest BCUT2D eigenvalue weighted by atomic mass is 16.5. The predicted octanol–water partition coefficient (Wildman–Crippen LogP) is 4.80. The number of nitrogens with zero attached hydrogens (tertiary/aromatic N) is 2. The molecule has 0 atom stereocenters. The van der Waals surface area contributed by atoms with E-state index in [0.29, 0.717) is 48.1 Å². The summed E-state index contributed by atoms with van der Waals surface area (Å²) in [5.74, 6) is 1.85. The molecule has 1 fully saturated rings. The smallest absolute Gasteiger partial charge is 0.324 e. The second kappa shape index (κ2) is 10.8. The van der Waals surface area contributed by atoms with E-state index in [1.54, 1.807) is 62.6 Å². The molecule has 3 amide bonds. The third-order valence-corrected chi connectivity index (χ3v) is 5.88. The first-order valence-corrected chi connectivity index (χ1v) is 11.3. The average molecular weight is 476 g/mol. The van der Waals surface area contributed by atoms with Crippen LogP contribution in [-0.4, -0.2) is 51.3 Å². The van der Waals surface area contributed by atoms with Gasteiger partial charge in [0.25, 0.3) is 5.91 Å². The number of urea groups is 1. The van der Waals surface area contributed by atoms with E-state index in [1.165, 1.54) is 0 Å². The number of carbonyl (C=O) groups excluding carboxylic acids is 2. The maximum Gasteiger partial charge on any atom is 0.324 e. The van der Waals surface area contributed by atoms with Crippen molar-refractivity contribution in [3.63, 3.8) is 0 Å². The van der Waals surface area contributed by atoms with E-state index >= 15 is 0 Å². The lowest BCUT2D eigenvalue weighted by atomic mass is 10.1. The second-order valence-electron chi connectivity index (χ2n) is 8.16. The van der Waals surface area contributed by atoms with Crippen LogP contribution in [0.25, 0.3) is 0 Å². The van der Waals surface area contributed by atoms with E-state index in [1.807, 2.05) is 35.2 Å². The molecule has 0 spiro atoms. The van der Waals surface area contributed by atoms with Crippen LogP contribution in [0.15, 0.2) is 66.7 Å². The Bertz CT molecular complexity index is 1160. The molecule has 3 aromatic rings. The van der Waals surface area contributed by atoms with Crippen LogP contribution in [0.1, 0.15) is 22.3 Å². The van der Waals surface area contributed by atoms with Crippen molar-refractivity contribution in [1.82, 2.24) is 4.90 Å². The van der Waals surface area contributed by atoms with Crippen LogP contribution in [0.4, 0.5) is 16.2 Å². The Kier molecular flexibility index (Phi) is 7.40. The van der Waals surface area contributed by atoms with Crippen LogP contribution in [-0.2, 0) is 6.54 Å². The van der Waals surface area contributed by atoms with Crippen LogP contribution in [0, 0.1) is 0 Å². The van der Waals surface area contributed by atoms with E-state index in [9.17, 15) is 9.59 Å². The fourth-order valence-corrected chi connectivity index (χ4v) is 4.02. The quantitative estimate of drug-likeness (QED) is 0.506. The minimum atomic E-state index is -0.214. The Morgan fingerprint density at radius 3 is 2.06 bits per heavy atom. The molecule has 8 heteroatoms. The van der Waals surface area contributed by atoms with Crippen molar-refractivity contribution >= 4 is 23.3 Å². The highest BCUT2D eigenvalue weighted by Crippen LogP contribution is 2.27. The average Bonchev–Trinajstić information content (AvgIpc) is 2.90. The molecule has 1 aliphatic heterocycles. The van der Waals surface area contributed by atoms with Crippen molar-refractivity contribution < 1.29 is 23.8 Å². The number of nitrogens with one attached hydrogen (secondary N) is 1. The predicted molar refractivity (Wildman–Crippen MR) is 135 cm³/mol. The summed E-state index contributed by atoms with van der Waals surface area (Å²) in [7, 11) is 4.80. The number of hydrogen-bond acceptors (Lipinski definition) is 5. The highest BCUT2D eigenvalue weighted by Gasteiger charge is 2.27. The fraction of sp³-hybridized carbons (Fsp3) is 0.259. The number of anilines is 2. The summed E-state index contributed by atoms with van der Waals surface area (Å²) in [4.78, 5) is 29.3. The normalized spacial score (nSPS) is 13.4. The lowest BCUT2D eigenvalue weighted by molar-refractivity contribution is 0.102. The summed E-state index contributed by atoms with van der Waals surface area (Å²) < 4.78 is 15.8. The first kappa shape index (κ1) is 23.9. The molecule has 0 radical (unpaired) electrons. The minimum absolute atomic E-state index is 0.0620. The fourth-order valence-electron chi connectivity index (χ4n) is 4.02. The number of amides is 3. The summed E-state index contributed by atoms with van der Waals surface area (Å²) in [6.07, 6.45) is 0.850. The third kappa shape index (κ3) is 5.66. The van der Waals surface area contributed by atoms with Crippen molar-refractivity contribution in [2.24, 2.45) is 0 Å². The van der Waals surface area contributed by atoms with Gasteiger partial charge in [0.15, 0.2) is 0 Å². The summed E-state index contributed by atoms with van der Waals surface area (Å²) in [6, 6.07) is 19.8. The summed E-state index contributed by atoms with van der Waals surface area (Å²) in [5.41, 5.74) is 2.91. The van der Waals surface area contributed by atoms with Gasteiger partial charge in [-0.25, -0.2) is 4.79 Å². The van der Waals surface area contributed by atoms with Crippen molar-refractivity contribution in [2.75, 3.05) is 44.6 Å².